The third-order valence-electron chi connectivity index (χ3n) is 6.41. The highest BCUT2D eigenvalue weighted by Gasteiger charge is 2.47. The number of hydrogen-bond donors (Lipinski definition) is 1. The van der Waals surface area contributed by atoms with Gasteiger partial charge in [-0.15, -0.1) is 0 Å². The molecule has 2 aromatic heterocycles. The number of nitrogens with zero attached hydrogens (tertiary/aromatic N) is 3. The zero-order valence-corrected chi connectivity index (χ0v) is 17.6. The molecule has 0 atom stereocenters. The van der Waals surface area contributed by atoms with Crippen molar-refractivity contribution in [2.24, 2.45) is 12.5 Å². The van der Waals surface area contributed by atoms with Gasteiger partial charge in [0, 0.05) is 81.0 Å². The first-order valence-electron chi connectivity index (χ1n) is 10.2. The highest BCUT2D eigenvalue weighted by Crippen LogP contribution is 2.41. The van der Waals surface area contributed by atoms with Crippen LogP contribution in [0.5, 0.6) is 11.5 Å². The average Bonchev–Trinajstić information content (AvgIpc) is 2.71. The van der Waals surface area contributed by atoms with Crippen molar-refractivity contribution in [3.63, 3.8) is 0 Å². The van der Waals surface area contributed by atoms with Crippen LogP contribution >= 0.6 is 0 Å². The number of nitrogens with one attached hydrogen (secondary N) is 1. The van der Waals surface area contributed by atoms with Gasteiger partial charge >= 0.3 is 0 Å². The van der Waals surface area contributed by atoms with Gasteiger partial charge in [-0.2, -0.15) is 0 Å². The van der Waals surface area contributed by atoms with Gasteiger partial charge in [0.15, 0.2) is 0 Å². The van der Waals surface area contributed by atoms with E-state index in [1.54, 1.807) is 38.2 Å². The minimum atomic E-state index is -0.0552. The quantitative estimate of drug-likeness (QED) is 0.699. The Morgan fingerprint density at radius 2 is 1.93 bits per heavy atom. The van der Waals surface area contributed by atoms with Gasteiger partial charge in [-0.1, -0.05) is 0 Å². The minimum Gasteiger partial charge on any atom is -0.497 e. The lowest BCUT2D eigenvalue weighted by atomic mass is 9.74. The number of pyridine rings is 2. The van der Waals surface area contributed by atoms with Crippen LogP contribution in [0.3, 0.4) is 0 Å². The number of benzene rings is 1. The third kappa shape index (κ3) is 2.97. The third-order valence-corrected chi connectivity index (χ3v) is 6.41. The van der Waals surface area contributed by atoms with E-state index in [-0.39, 0.29) is 5.56 Å². The van der Waals surface area contributed by atoms with Crippen LogP contribution < -0.4 is 20.3 Å². The topological polar surface area (TPSA) is 68.6 Å². The number of methoxy groups -OCH3 is 2. The summed E-state index contributed by atoms with van der Waals surface area (Å²) < 4.78 is 13.0. The number of ether oxygens (including phenoxy) is 2. The van der Waals surface area contributed by atoms with Crippen molar-refractivity contribution < 1.29 is 9.47 Å². The molecule has 2 fully saturated rings. The molecule has 5 rings (SSSR count). The van der Waals surface area contributed by atoms with Crippen molar-refractivity contribution in [3.05, 3.63) is 52.7 Å². The van der Waals surface area contributed by atoms with E-state index in [4.69, 9.17) is 9.47 Å². The number of aromatic nitrogens is 2. The maximum atomic E-state index is 12.6. The highest BCUT2D eigenvalue weighted by molar-refractivity contribution is 5.96. The summed E-state index contributed by atoms with van der Waals surface area (Å²) in [5, 5.41) is 4.88. The SMILES string of the molecule is COc1cc(OC)c(CN2CC3(CNC3)C2)c(-c2cn(C)c(=O)c3cnccc23)c1. The van der Waals surface area contributed by atoms with E-state index in [1.807, 2.05) is 24.4 Å². The minimum absolute atomic E-state index is 0.0552. The first-order chi connectivity index (χ1) is 14.5. The van der Waals surface area contributed by atoms with Crippen LogP contribution in [0.1, 0.15) is 5.56 Å². The van der Waals surface area contributed by atoms with E-state index < -0.39 is 0 Å². The summed E-state index contributed by atoms with van der Waals surface area (Å²) in [5.74, 6) is 1.53. The van der Waals surface area contributed by atoms with E-state index in [1.165, 1.54) is 0 Å². The molecule has 0 bridgehead atoms. The van der Waals surface area contributed by atoms with Gasteiger partial charge in [0.1, 0.15) is 11.5 Å². The largest absolute Gasteiger partial charge is 0.497 e. The molecular formula is C23H26N4O3. The summed E-state index contributed by atoms with van der Waals surface area (Å²) in [5.41, 5.74) is 3.50. The molecule has 2 aliphatic heterocycles. The number of likely N-dealkylation sites (tertiary alicyclic amines) is 1. The second kappa shape index (κ2) is 7.11. The Morgan fingerprint density at radius 3 is 2.60 bits per heavy atom. The van der Waals surface area contributed by atoms with Gasteiger partial charge in [0.2, 0.25) is 0 Å². The van der Waals surface area contributed by atoms with E-state index in [2.05, 4.69) is 15.2 Å². The Labute approximate surface area is 175 Å². The van der Waals surface area contributed by atoms with Crippen molar-refractivity contribution >= 4 is 10.8 Å². The van der Waals surface area contributed by atoms with Crippen molar-refractivity contribution in [2.75, 3.05) is 40.4 Å². The molecule has 1 spiro atoms. The second-order valence-corrected chi connectivity index (χ2v) is 8.48. The van der Waals surface area contributed by atoms with Gasteiger partial charge in [-0.3, -0.25) is 14.7 Å². The van der Waals surface area contributed by atoms with Gasteiger partial charge in [-0.25, -0.2) is 0 Å². The Bertz CT molecular complexity index is 1180. The Hall–Kier alpha value is -2.90. The molecule has 1 aromatic carbocycles. The van der Waals surface area contributed by atoms with Crippen molar-refractivity contribution in [2.45, 2.75) is 6.54 Å². The van der Waals surface area contributed by atoms with Gasteiger partial charge in [-0.05, 0) is 23.1 Å². The predicted molar refractivity (Wildman–Crippen MR) is 116 cm³/mol. The monoisotopic (exact) mass is 406 g/mol. The van der Waals surface area contributed by atoms with Crippen LogP contribution in [-0.2, 0) is 13.6 Å². The fourth-order valence-electron chi connectivity index (χ4n) is 4.79. The molecule has 2 saturated heterocycles. The lowest BCUT2D eigenvalue weighted by molar-refractivity contribution is -0.0446. The molecule has 1 N–H and O–H groups in total. The van der Waals surface area contributed by atoms with E-state index >= 15 is 0 Å². The van der Waals surface area contributed by atoms with Crippen LogP contribution in [0.25, 0.3) is 21.9 Å². The molecule has 2 aliphatic rings. The number of aryl methyl sites for hydroxylation is 1. The van der Waals surface area contributed by atoms with E-state index in [0.717, 1.165) is 66.3 Å². The van der Waals surface area contributed by atoms with Crippen molar-refractivity contribution in [1.82, 2.24) is 19.8 Å². The summed E-state index contributed by atoms with van der Waals surface area (Å²) >= 11 is 0. The summed E-state index contributed by atoms with van der Waals surface area (Å²) in [7, 11) is 5.13. The first kappa shape index (κ1) is 19.1. The van der Waals surface area contributed by atoms with Crippen LogP contribution in [-0.4, -0.2) is 54.8 Å². The second-order valence-electron chi connectivity index (χ2n) is 8.48. The summed E-state index contributed by atoms with van der Waals surface area (Å²) in [4.78, 5) is 19.3. The molecule has 4 heterocycles. The number of hydrogen-bond acceptors (Lipinski definition) is 6. The number of rotatable bonds is 5. The molecule has 3 aromatic rings. The summed E-state index contributed by atoms with van der Waals surface area (Å²) in [6, 6.07) is 5.88. The van der Waals surface area contributed by atoms with Crippen LogP contribution in [0.2, 0.25) is 0 Å². The normalized spacial score (nSPS) is 17.6. The Morgan fingerprint density at radius 1 is 1.13 bits per heavy atom. The first-order valence-corrected chi connectivity index (χ1v) is 10.2. The molecule has 7 nitrogen and oxygen atoms in total. The van der Waals surface area contributed by atoms with Crippen molar-refractivity contribution in [3.8, 4) is 22.6 Å². The maximum absolute atomic E-state index is 12.6. The lowest BCUT2D eigenvalue weighted by Gasteiger charge is -2.56. The predicted octanol–water partition coefficient (Wildman–Crippen LogP) is 2.02. The molecule has 0 aliphatic carbocycles. The average molecular weight is 406 g/mol. The molecule has 0 unspecified atom stereocenters. The zero-order valence-electron chi connectivity index (χ0n) is 17.6. The molecule has 0 amide bonds. The highest BCUT2D eigenvalue weighted by atomic mass is 16.5. The molecule has 156 valence electrons. The molecule has 7 heteroatoms. The molecule has 30 heavy (non-hydrogen) atoms. The van der Waals surface area contributed by atoms with Gasteiger partial charge < -0.3 is 19.4 Å². The van der Waals surface area contributed by atoms with Crippen LogP contribution in [0.4, 0.5) is 0 Å². The van der Waals surface area contributed by atoms with Crippen LogP contribution in [0, 0.1) is 5.41 Å². The van der Waals surface area contributed by atoms with Gasteiger partial charge in [0.05, 0.1) is 19.6 Å². The Balaban J connectivity index is 1.66. The maximum Gasteiger partial charge on any atom is 0.259 e. The summed E-state index contributed by atoms with van der Waals surface area (Å²) in [6.45, 7) is 5.18. The van der Waals surface area contributed by atoms with Crippen LogP contribution in [0.15, 0.2) is 41.6 Å². The van der Waals surface area contributed by atoms with E-state index in [0.29, 0.717) is 10.8 Å². The standard InChI is InChI=1S/C23H26N4O3/c1-26-9-19(16-4-5-24-8-18(16)22(26)28)17-6-15(29-2)7-21(30-3)20(17)10-27-13-23(14-27)11-25-12-23/h4-9,25H,10-14H2,1-3H3. The van der Waals surface area contributed by atoms with E-state index in [9.17, 15) is 4.79 Å². The van der Waals surface area contributed by atoms with Crippen molar-refractivity contribution in [1.29, 1.82) is 0 Å². The fourth-order valence-corrected chi connectivity index (χ4v) is 4.79. The number of fused-ring (bicyclic) bond motifs is 1. The smallest absolute Gasteiger partial charge is 0.259 e. The molecule has 0 saturated carbocycles. The molecule has 0 radical (unpaired) electrons. The molecular weight excluding hydrogens is 380 g/mol. The van der Waals surface area contributed by atoms with Gasteiger partial charge in [0.25, 0.3) is 5.56 Å². The lowest BCUT2D eigenvalue weighted by Crippen LogP contribution is -2.70. The Kier molecular flexibility index (Phi) is 4.52. The summed E-state index contributed by atoms with van der Waals surface area (Å²) in [6.07, 6.45) is 5.27. The zero-order chi connectivity index (χ0) is 20.9. The fraction of sp³-hybridized carbons (Fsp3) is 0.391.